The maximum Gasteiger partial charge on any atom is 0.272 e. The van der Waals surface area contributed by atoms with Gasteiger partial charge < -0.3 is 5.32 Å². The number of hydrogen-bond donors (Lipinski definition) is 2. The topological polar surface area (TPSA) is 109 Å². The fourth-order valence-electron chi connectivity index (χ4n) is 2.30. The van der Waals surface area contributed by atoms with Crippen molar-refractivity contribution >= 4 is 92.4 Å². The predicted octanol–water partition coefficient (Wildman–Crippen LogP) is 2.14. The van der Waals surface area contributed by atoms with Crippen LogP contribution in [0.25, 0.3) is 0 Å². The molecule has 1 heterocycles. The first kappa shape index (κ1) is 22.7. The van der Waals surface area contributed by atoms with Crippen LogP contribution >= 0.6 is 66.7 Å². The van der Waals surface area contributed by atoms with Gasteiger partial charge in [-0.3, -0.25) is 4.79 Å². The zero-order valence-electron chi connectivity index (χ0n) is 12.5. The molecule has 0 aromatic heterocycles. The Bertz CT molecular complexity index is 935. The second kappa shape index (κ2) is 8.02. The van der Waals surface area contributed by atoms with Gasteiger partial charge >= 0.3 is 0 Å². The molecule has 0 aliphatic carbocycles. The van der Waals surface area contributed by atoms with Gasteiger partial charge in [-0.2, -0.15) is 0 Å². The summed E-state index contributed by atoms with van der Waals surface area (Å²) in [5.41, 5.74) is 0. The molecular weight excluding hydrogens is 582 g/mol. The van der Waals surface area contributed by atoms with Gasteiger partial charge in [-0.25, -0.2) is 21.6 Å². The van der Waals surface area contributed by atoms with Gasteiger partial charge in [0.25, 0.3) is 9.70 Å². The first-order valence-electron chi connectivity index (χ1n) is 6.77. The third kappa shape index (κ3) is 5.69. The number of alkyl halides is 3. The summed E-state index contributed by atoms with van der Waals surface area (Å²) in [6.45, 7) is 0. The van der Waals surface area contributed by atoms with Crippen LogP contribution in [0.2, 0.25) is 0 Å². The van der Waals surface area contributed by atoms with Gasteiger partial charge in [0.2, 0.25) is 10.0 Å². The molecule has 2 N–H and O–H groups in total. The summed E-state index contributed by atoms with van der Waals surface area (Å²) >= 11 is 22.7. The normalized spacial score (nSPS) is 23.0. The molecular formula is C12H11Br2Cl3N2O5S2. The number of sulfone groups is 1. The lowest BCUT2D eigenvalue weighted by atomic mass is 10.2. The molecule has 14 heteroatoms. The average Bonchev–Trinajstić information content (AvgIpc) is 2.73. The fourth-order valence-corrected chi connectivity index (χ4v) is 7.21. The number of halogens is 5. The van der Waals surface area contributed by atoms with Crippen LogP contribution in [-0.4, -0.2) is 50.1 Å². The Hall–Kier alpha value is 0.380. The molecule has 1 aliphatic heterocycles. The van der Waals surface area contributed by atoms with E-state index in [1.807, 2.05) is 0 Å². The zero-order chi connectivity index (χ0) is 19.9. The van der Waals surface area contributed by atoms with Crippen molar-refractivity contribution in [3.8, 4) is 0 Å². The number of nitrogens with one attached hydrogen (secondary N) is 2. The summed E-state index contributed by atoms with van der Waals surface area (Å²) < 4.78 is 50.0. The molecule has 2 rings (SSSR count). The van der Waals surface area contributed by atoms with E-state index in [-0.39, 0.29) is 9.37 Å². The van der Waals surface area contributed by atoms with Gasteiger partial charge in [-0.15, -0.1) is 0 Å². The Morgan fingerprint density at radius 3 is 2.31 bits per heavy atom. The molecule has 0 bridgehead atoms. The molecule has 0 unspecified atom stereocenters. The lowest BCUT2D eigenvalue weighted by Crippen LogP contribution is -2.53. The van der Waals surface area contributed by atoms with Crippen molar-refractivity contribution in [2.45, 2.75) is 20.8 Å². The maximum atomic E-state index is 12.7. The molecule has 7 nitrogen and oxygen atoms in total. The lowest BCUT2D eigenvalue weighted by molar-refractivity contribution is -0.120. The van der Waals surface area contributed by atoms with Gasteiger partial charge in [0.15, 0.2) is 9.84 Å². The van der Waals surface area contributed by atoms with E-state index in [4.69, 9.17) is 34.8 Å². The number of hydrogen-bond acceptors (Lipinski definition) is 5. The number of amides is 1. The summed E-state index contributed by atoms with van der Waals surface area (Å²) in [5, 5.41) is 2.26. The van der Waals surface area contributed by atoms with Gasteiger partial charge in [0, 0.05) is 8.95 Å². The summed E-state index contributed by atoms with van der Waals surface area (Å²) in [5.74, 6) is -2.02. The Morgan fingerprint density at radius 2 is 1.73 bits per heavy atom. The number of sulfonamides is 1. The Labute approximate surface area is 182 Å². The summed E-state index contributed by atoms with van der Waals surface area (Å²) in [6, 6.07) is 2.31. The van der Waals surface area contributed by atoms with Gasteiger partial charge in [0.1, 0.15) is 0 Å². The van der Waals surface area contributed by atoms with E-state index in [0.717, 1.165) is 0 Å². The zero-order valence-corrected chi connectivity index (χ0v) is 19.6. The Kier molecular flexibility index (Phi) is 6.99. The van der Waals surface area contributed by atoms with E-state index in [1.54, 1.807) is 6.07 Å². The van der Waals surface area contributed by atoms with Crippen molar-refractivity contribution in [3.63, 3.8) is 0 Å². The molecule has 0 spiro atoms. The van der Waals surface area contributed by atoms with Crippen molar-refractivity contribution in [1.29, 1.82) is 0 Å². The smallest absolute Gasteiger partial charge is 0.272 e. The van der Waals surface area contributed by atoms with Crippen molar-refractivity contribution in [2.75, 3.05) is 11.5 Å². The largest absolute Gasteiger partial charge is 0.347 e. The molecule has 146 valence electrons. The molecule has 1 aliphatic rings. The standard InChI is InChI=1S/C12H11Br2Cl3N2O5S2/c13-6-1-2-7(14)10(3-6)26(23,24)19-9-5-25(21,22)4-8(9)18-11(20)12(15,16)17/h1-3,8-9,19H,4-5H2,(H,18,20)/t8-,9-/m1/s1. The lowest BCUT2D eigenvalue weighted by Gasteiger charge is -2.22. The van der Waals surface area contributed by atoms with Crippen molar-refractivity contribution in [1.82, 2.24) is 10.0 Å². The van der Waals surface area contributed by atoms with E-state index in [0.29, 0.717) is 4.47 Å². The van der Waals surface area contributed by atoms with E-state index in [1.165, 1.54) is 12.1 Å². The molecule has 2 atom stereocenters. The molecule has 1 aromatic rings. The van der Waals surface area contributed by atoms with E-state index >= 15 is 0 Å². The highest BCUT2D eigenvalue weighted by molar-refractivity contribution is 9.11. The Balaban J connectivity index is 2.30. The quantitative estimate of drug-likeness (QED) is 0.521. The van der Waals surface area contributed by atoms with Crippen molar-refractivity contribution in [2.24, 2.45) is 0 Å². The van der Waals surface area contributed by atoms with Crippen LogP contribution in [0.4, 0.5) is 0 Å². The van der Waals surface area contributed by atoms with Gasteiger partial charge in [-0.1, -0.05) is 50.7 Å². The minimum absolute atomic E-state index is 0.0948. The number of benzene rings is 1. The summed E-state index contributed by atoms with van der Waals surface area (Å²) in [7, 11) is -7.69. The minimum Gasteiger partial charge on any atom is -0.347 e. The van der Waals surface area contributed by atoms with Crippen molar-refractivity contribution < 1.29 is 21.6 Å². The van der Waals surface area contributed by atoms with Crippen LogP contribution in [0.1, 0.15) is 0 Å². The van der Waals surface area contributed by atoms with Crippen LogP contribution in [0.15, 0.2) is 32.0 Å². The van der Waals surface area contributed by atoms with Crippen LogP contribution in [0.5, 0.6) is 0 Å². The first-order valence-corrected chi connectivity index (χ1v) is 12.8. The maximum absolute atomic E-state index is 12.7. The highest BCUT2D eigenvalue weighted by atomic mass is 79.9. The summed E-state index contributed by atoms with van der Waals surface area (Å²) in [4.78, 5) is 11.7. The third-order valence-corrected chi connectivity index (χ3v) is 8.64. The number of rotatable bonds is 4. The highest BCUT2D eigenvalue weighted by Crippen LogP contribution is 2.28. The molecule has 26 heavy (non-hydrogen) atoms. The summed E-state index contributed by atoms with van der Waals surface area (Å²) in [6.07, 6.45) is 0. The van der Waals surface area contributed by atoms with Crippen LogP contribution in [0, 0.1) is 0 Å². The molecule has 0 radical (unpaired) electrons. The first-order chi connectivity index (χ1) is 11.7. The van der Waals surface area contributed by atoms with Crippen molar-refractivity contribution in [3.05, 3.63) is 27.1 Å². The molecule has 1 aromatic carbocycles. The monoisotopic (exact) mass is 590 g/mol. The van der Waals surface area contributed by atoms with E-state index in [2.05, 4.69) is 41.9 Å². The van der Waals surface area contributed by atoms with Crippen LogP contribution in [0.3, 0.4) is 0 Å². The second-order valence-corrected chi connectivity index (χ2v) is 13.3. The Morgan fingerprint density at radius 1 is 1.15 bits per heavy atom. The second-order valence-electron chi connectivity index (χ2n) is 5.46. The fraction of sp³-hybridized carbons (Fsp3) is 0.417. The van der Waals surface area contributed by atoms with Gasteiger partial charge in [-0.05, 0) is 34.1 Å². The SMILES string of the molecule is O=C(N[C@@H]1CS(=O)(=O)C[C@H]1NS(=O)(=O)c1cc(Br)ccc1Br)C(Cl)(Cl)Cl. The van der Waals surface area contributed by atoms with E-state index < -0.39 is 53.1 Å². The average molecular weight is 594 g/mol. The molecule has 1 fully saturated rings. The third-order valence-electron chi connectivity index (χ3n) is 3.42. The highest BCUT2D eigenvalue weighted by Gasteiger charge is 2.43. The van der Waals surface area contributed by atoms with Crippen LogP contribution < -0.4 is 10.0 Å². The molecule has 0 saturated carbocycles. The minimum atomic E-state index is -4.09. The van der Waals surface area contributed by atoms with Crippen LogP contribution in [-0.2, 0) is 24.7 Å². The number of carbonyl (C=O) groups excluding carboxylic acids is 1. The van der Waals surface area contributed by atoms with Gasteiger partial charge in [0.05, 0.1) is 28.5 Å². The number of carbonyl (C=O) groups is 1. The molecule has 1 amide bonds. The van der Waals surface area contributed by atoms with E-state index in [9.17, 15) is 21.6 Å². The molecule has 1 saturated heterocycles. The predicted molar refractivity (Wildman–Crippen MR) is 107 cm³/mol.